The molecule has 5 nitrogen and oxygen atoms in total. The first-order chi connectivity index (χ1) is 9.69. The molecule has 1 aromatic heterocycles. The number of aromatic nitrogens is 1. The topological polar surface area (TPSA) is 63.2 Å². The van der Waals surface area contributed by atoms with Gasteiger partial charge in [0, 0.05) is 23.3 Å². The lowest BCUT2D eigenvalue weighted by atomic mass is 10.2. The average molecular weight is 292 g/mol. The Morgan fingerprint density at radius 2 is 2.15 bits per heavy atom. The Labute approximate surface area is 121 Å². The monoisotopic (exact) mass is 291 g/mol. The number of benzene rings is 1. The molecule has 0 aliphatic carbocycles. The van der Waals surface area contributed by atoms with Gasteiger partial charge in [-0.15, -0.1) is 0 Å². The van der Waals surface area contributed by atoms with Crippen LogP contribution in [0.25, 0.3) is 0 Å². The van der Waals surface area contributed by atoms with Gasteiger partial charge in [0.05, 0.1) is 7.11 Å². The van der Waals surface area contributed by atoms with E-state index in [4.69, 9.17) is 16.3 Å². The quantitative estimate of drug-likeness (QED) is 0.910. The SMILES string of the molecule is COc1ccccc1CNC(=O)Nc1cc(Cl)ccn1. The van der Waals surface area contributed by atoms with Gasteiger partial charge in [-0.25, -0.2) is 9.78 Å². The van der Waals surface area contributed by atoms with Gasteiger partial charge in [-0.1, -0.05) is 29.8 Å². The van der Waals surface area contributed by atoms with Crippen molar-refractivity contribution in [3.05, 3.63) is 53.2 Å². The molecule has 2 rings (SSSR count). The number of nitrogens with one attached hydrogen (secondary N) is 2. The number of methoxy groups -OCH3 is 1. The Hall–Kier alpha value is -2.27. The van der Waals surface area contributed by atoms with Gasteiger partial charge in [-0.2, -0.15) is 0 Å². The molecule has 0 spiro atoms. The van der Waals surface area contributed by atoms with Crippen molar-refractivity contribution in [2.45, 2.75) is 6.54 Å². The number of halogens is 1. The Kier molecular flexibility index (Phi) is 4.79. The van der Waals surface area contributed by atoms with Crippen LogP contribution in [-0.4, -0.2) is 18.1 Å². The fourth-order valence-electron chi connectivity index (χ4n) is 1.66. The predicted octanol–water partition coefficient (Wildman–Crippen LogP) is 3.07. The van der Waals surface area contributed by atoms with Crippen LogP contribution in [0.5, 0.6) is 5.75 Å². The summed E-state index contributed by atoms with van der Waals surface area (Å²) in [5, 5.41) is 5.85. The van der Waals surface area contributed by atoms with Crippen LogP contribution in [-0.2, 0) is 6.54 Å². The Balaban J connectivity index is 1.92. The van der Waals surface area contributed by atoms with Gasteiger partial charge in [0.2, 0.25) is 0 Å². The van der Waals surface area contributed by atoms with Crippen molar-refractivity contribution in [2.75, 3.05) is 12.4 Å². The summed E-state index contributed by atoms with van der Waals surface area (Å²) in [7, 11) is 1.59. The average Bonchev–Trinajstić information content (AvgIpc) is 2.45. The predicted molar refractivity (Wildman–Crippen MR) is 78.1 cm³/mol. The van der Waals surface area contributed by atoms with Crippen molar-refractivity contribution in [1.82, 2.24) is 10.3 Å². The number of hydrogen-bond donors (Lipinski definition) is 2. The maximum Gasteiger partial charge on any atom is 0.320 e. The van der Waals surface area contributed by atoms with Crippen LogP contribution in [0.15, 0.2) is 42.6 Å². The molecule has 0 bridgehead atoms. The fraction of sp³-hybridized carbons (Fsp3) is 0.143. The van der Waals surface area contributed by atoms with Crippen molar-refractivity contribution < 1.29 is 9.53 Å². The highest BCUT2D eigenvalue weighted by Crippen LogP contribution is 2.16. The van der Waals surface area contributed by atoms with E-state index in [9.17, 15) is 4.79 Å². The number of ether oxygens (including phenoxy) is 1. The zero-order valence-electron chi connectivity index (χ0n) is 10.9. The third kappa shape index (κ3) is 3.86. The maximum absolute atomic E-state index is 11.8. The highest BCUT2D eigenvalue weighted by atomic mass is 35.5. The van der Waals surface area contributed by atoms with Gasteiger partial charge >= 0.3 is 6.03 Å². The van der Waals surface area contributed by atoms with E-state index in [1.807, 2.05) is 24.3 Å². The van der Waals surface area contributed by atoms with Crippen LogP contribution in [0, 0.1) is 0 Å². The first-order valence-electron chi connectivity index (χ1n) is 5.97. The van der Waals surface area contributed by atoms with Crippen molar-refractivity contribution in [3.8, 4) is 5.75 Å². The summed E-state index contributed by atoms with van der Waals surface area (Å²) < 4.78 is 5.21. The van der Waals surface area contributed by atoms with Gasteiger partial charge in [-0.3, -0.25) is 5.32 Å². The largest absolute Gasteiger partial charge is 0.496 e. The number of hydrogen-bond acceptors (Lipinski definition) is 3. The summed E-state index contributed by atoms with van der Waals surface area (Å²) >= 11 is 5.81. The minimum Gasteiger partial charge on any atom is -0.496 e. The zero-order chi connectivity index (χ0) is 14.4. The van der Waals surface area contributed by atoms with Gasteiger partial charge in [-0.05, 0) is 18.2 Å². The summed E-state index contributed by atoms with van der Waals surface area (Å²) in [5.74, 6) is 1.13. The van der Waals surface area contributed by atoms with E-state index >= 15 is 0 Å². The minimum atomic E-state index is -0.356. The van der Waals surface area contributed by atoms with Gasteiger partial charge < -0.3 is 10.1 Å². The number of amides is 2. The molecular formula is C14H14ClN3O2. The third-order valence-corrected chi connectivity index (χ3v) is 2.83. The summed E-state index contributed by atoms with van der Waals surface area (Å²) in [5.41, 5.74) is 0.893. The van der Waals surface area contributed by atoms with E-state index in [0.717, 1.165) is 11.3 Å². The van der Waals surface area contributed by atoms with Crippen molar-refractivity contribution in [3.63, 3.8) is 0 Å². The first kappa shape index (κ1) is 14.1. The lowest BCUT2D eigenvalue weighted by Crippen LogP contribution is -2.28. The van der Waals surface area contributed by atoms with Crippen LogP contribution >= 0.6 is 11.6 Å². The molecular weight excluding hydrogens is 278 g/mol. The molecule has 0 radical (unpaired) electrons. The number of rotatable bonds is 4. The molecule has 0 fully saturated rings. The number of nitrogens with zero attached hydrogens (tertiary/aromatic N) is 1. The molecule has 104 valence electrons. The molecule has 1 aromatic carbocycles. The molecule has 0 saturated heterocycles. The second kappa shape index (κ2) is 6.77. The molecule has 0 saturated carbocycles. The number of anilines is 1. The molecule has 0 unspecified atom stereocenters. The normalized spacial score (nSPS) is 9.90. The minimum absolute atomic E-state index is 0.356. The van der Waals surface area contributed by atoms with E-state index in [1.54, 1.807) is 19.2 Å². The number of carbonyl (C=O) groups excluding carboxylic acids is 1. The molecule has 2 amide bonds. The number of urea groups is 1. The van der Waals surface area contributed by atoms with Gasteiger partial charge in [0.15, 0.2) is 0 Å². The van der Waals surface area contributed by atoms with Crippen LogP contribution in [0.4, 0.5) is 10.6 Å². The molecule has 6 heteroatoms. The number of pyridine rings is 1. The number of carbonyl (C=O) groups is 1. The third-order valence-electron chi connectivity index (χ3n) is 2.60. The smallest absolute Gasteiger partial charge is 0.320 e. The Bertz CT molecular complexity index is 604. The zero-order valence-corrected chi connectivity index (χ0v) is 11.6. The van der Waals surface area contributed by atoms with Crippen LogP contribution in [0.2, 0.25) is 5.02 Å². The molecule has 1 heterocycles. The Morgan fingerprint density at radius 3 is 2.90 bits per heavy atom. The van der Waals surface area contributed by atoms with Crippen LogP contribution in [0.1, 0.15) is 5.56 Å². The molecule has 20 heavy (non-hydrogen) atoms. The van der Waals surface area contributed by atoms with Crippen LogP contribution in [0.3, 0.4) is 0 Å². The van der Waals surface area contributed by atoms with E-state index in [1.165, 1.54) is 6.20 Å². The van der Waals surface area contributed by atoms with Crippen molar-refractivity contribution >= 4 is 23.4 Å². The molecule has 0 aliphatic heterocycles. The standard InChI is InChI=1S/C14H14ClN3O2/c1-20-12-5-3-2-4-10(12)9-17-14(19)18-13-8-11(15)6-7-16-13/h2-8H,9H2,1H3,(H2,16,17,18,19). The maximum atomic E-state index is 11.8. The van der Waals surface area contributed by atoms with E-state index < -0.39 is 0 Å². The van der Waals surface area contributed by atoms with E-state index in [-0.39, 0.29) is 6.03 Å². The second-order valence-electron chi connectivity index (χ2n) is 3.98. The molecule has 2 N–H and O–H groups in total. The van der Waals surface area contributed by atoms with Crippen molar-refractivity contribution in [2.24, 2.45) is 0 Å². The second-order valence-corrected chi connectivity index (χ2v) is 4.42. The van der Waals surface area contributed by atoms with E-state index in [2.05, 4.69) is 15.6 Å². The van der Waals surface area contributed by atoms with Gasteiger partial charge in [0.1, 0.15) is 11.6 Å². The molecule has 2 aromatic rings. The van der Waals surface area contributed by atoms with Crippen molar-refractivity contribution in [1.29, 1.82) is 0 Å². The lowest BCUT2D eigenvalue weighted by molar-refractivity contribution is 0.251. The summed E-state index contributed by atoms with van der Waals surface area (Å²) in [6.07, 6.45) is 1.53. The summed E-state index contributed by atoms with van der Waals surface area (Å²) in [6.45, 7) is 0.358. The Morgan fingerprint density at radius 1 is 1.35 bits per heavy atom. The number of para-hydroxylation sites is 1. The highest BCUT2D eigenvalue weighted by molar-refractivity contribution is 6.30. The molecule has 0 aliphatic rings. The van der Waals surface area contributed by atoms with E-state index in [0.29, 0.717) is 17.4 Å². The summed E-state index contributed by atoms with van der Waals surface area (Å²) in [6, 6.07) is 10.3. The lowest BCUT2D eigenvalue weighted by Gasteiger charge is -2.10. The molecule has 0 atom stereocenters. The van der Waals surface area contributed by atoms with Crippen LogP contribution < -0.4 is 15.4 Å². The summed E-state index contributed by atoms with van der Waals surface area (Å²) in [4.78, 5) is 15.7. The first-order valence-corrected chi connectivity index (χ1v) is 6.35. The highest BCUT2D eigenvalue weighted by Gasteiger charge is 2.05. The fourth-order valence-corrected chi connectivity index (χ4v) is 1.82. The van der Waals surface area contributed by atoms with Gasteiger partial charge in [0.25, 0.3) is 0 Å².